The monoisotopic (exact) mass is 418 g/mol. The molecule has 0 aromatic carbocycles. The highest BCUT2D eigenvalue weighted by Crippen LogP contribution is 2.27. The lowest BCUT2D eigenvalue weighted by atomic mass is 9.98. The first kappa shape index (κ1) is 27.1. The van der Waals surface area contributed by atoms with Crippen LogP contribution in [-0.2, 0) is 9.47 Å². The summed E-state index contributed by atoms with van der Waals surface area (Å²) >= 11 is 6.34. The van der Waals surface area contributed by atoms with Crippen LogP contribution in [0.3, 0.4) is 0 Å². The number of hydrogen-bond donors (Lipinski definition) is 1. The Morgan fingerprint density at radius 2 is 1.71 bits per heavy atom. The molecule has 4 nitrogen and oxygen atoms in total. The van der Waals surface area contributed by atoms with Crippen molar-refractivity contribution in [1.29, 1.82) is 0 Å². The van der Waals surface area contributed by atoms with E-state index in [0.29, 0.717) is 30.3 Å². The number of rotatable bonds is 13. The lowest BCUT2D eigenvalue weighted by Crippen LogP contribution is -2.22. The first-order chi connectivity index (χ1) is 13.5. The Bertz CT molecular complexity index is 497. The smallest absolute Gasteiger partial charge is 0.186 e. The second kappa shape index (κ2) is 17.0. The summed E-state index contributed by atoms with van der Waals surface area (Å²) < 4.78 is 22.2. The molecule has 0 bridgehead atoms. The van der Waals surface area contributed by atoms with E-state index in [-0.39, 0.29) is 6.67 Å². The van der Waals surface area contributed by atoms with Crippen molar-refractivity contribution in [3.05, 3.63) is 22.8 Å². The summed E-state index contributed by atoms with van der Waals surface area (Å²) in [6.07, 6.45) is 4.62. The third-order valence-corrected chi connectivity index (χ3v) is 4.79. The predicted octanol–water partition coefficient (Wildman–Crippen LogP) is 7.19. The van der Waals surface area contributed by atoms with Gasteiger partial charge in [0.25, 0.3) is 0 Å². The van der Waals surface area contributed by atoms with E-state index in [1.165, 1.54) is 6.42 Å². The van der Waals surface area contributed by atoms with Crippen molar-refractivity contribution in [3.8, 4) is 0 Å². The molecule has 6 heteroatoms. The van der Waals surface area contributed by atoms with E-state index in [1.807, 2.05) is 32.9 Å². The maximum absolute atomic E-state index is 11.0. The maximum atomic E-state index is 11.0. The van der Waals surface area contributed by atoms with E-state index in [1.54, 1.807) is 0 Å². The zero-order valence-electron chi connectivity index (χ0n) is 18.6. The van der Waals surface area contributed by atoms with Gasteiger partial charge in [0.1, 0.15) is 11.0 Å². The van der Waals surface area contributed by atoms with Crippen molar-refractivity contribution in [1.82, 2.24) is 4.98 Å². The largest absolute Gasteiger partial charge is 0.367 e. The Labute approximate surface area is 176 Å². The van der Waals surface area contributed by atoms with Gasteiger partial charge in [-0.15, -0.1) is 0 Å². The van der Waals surface area contributed by atoms with Crippen LogP contribution in [0.15, 0.2) is 12.1 Å². The van der Waals surface area contributed by atoms with Gasteiger partial charge < -0.3 is 14.8 Å². The molecule has 0 amide bonds. The molecule has 1 aromatic rings. The van der Waals surface area contributed by atoms with Gasteiger partial charge in [0.2, 0.25) is 0 Å². The number of unbranched alkanes of at least 4 members (excludes halogenated alkanes) is 1. The van der Waals surface area contributed by atoms with Crippen LogP contribution in [0.2, 0.25) is 5.15 Å². The second-order valence-corrected chi connectivity index (χ2v) is 7.22. The normalized spacial score (nSPS) is 13.0. The van der Waals surface area contributed by atoms with Gasteiger partial charge >= 0.3 is 0 Å². The fourth-order valence-corrected chi connectivity index (χ4v) is 2.80. The first-order valence-corrected chi connectivity index (χ1v) is 11.1. The Hall–Kier alpha value is -0.910. The Morgan fingerprint density at radius 1 is 1.07 bits per heavy atom. The van der Waals surface area contributed by atoms with E-state index in [0.717, 1.165) is 37.1 Å². The topological polar surface area (TPSA) is 43.4 Å². The van der Waals surface area contributed by atoms with Crippen molar-refractivity contribution in [2.45, 2.75) is 86.0 Å². The quantitative estimate of drug-likeness (QED) is 0.272. The third kappa shape index (κ3) is 11.2. The van der Waals surface area contributed by atoms with Crippen LogP contribution in [0, 0.1) is 5.92 Å². The molecular formula is C22H40ClFN2O2. The summed E-state index contributed by atoms with van der Waals surface area (Å²) in [6, 6.07) is 4.30. The molecule has 0 fully saturated rings. The lowest BCUT2D eigenvalue weighted by molar-refractivity contribution is -0.140. The highest BCUT2D eigenvalue weighted by molar-refractivity contribution is 6.30. The number of alkyl halides is 1. The Morgan fingerprint density at radius 3 is 2.11 bits per heavy atom. The Balaban J connectivity index is 0.00000129. The van der Waals surface area contributed by atoms with Crippen LogP contribution < -0.4 is 5.32 Å². The van der Waals surface area contributed by atoms with E-state index < -0.39 is 6.29 Å². The molecule has 2 unspecified atom stereocenters. The molecule has 1 aromatic heterocycles. The van der Waals surface area contributed by atoms with Gasteiger partial charge in [-0.05, 0) is 51.2 Å². The van der Waals surface area contributed by atoms with Gasteiger partial charge in [-0.3, -0.25) is 4.39 Å². The summed E-state index contributed by atoms with van der Waals surface area (Å²) in [5.41, 5.74) is 0.774. The molecule has 0 aliphatic rings. The highest BCUT2D eigenvalue weighted by Gasteiger charge is 2.17. The predicted molar refractivity (Wildman–Crippen MR) is 118 cm³/mol. The van der Waals surface area contributed by atoms with Crippen LogP contribution in [0.4, 0.5) is 10.2 Å². The molecule has 2 atom stereocenters. The van der Waals surface area contributed by atoms with Gasteiger partial charge in [-0.25, -0.2) is 4.98 Å². The fourth-order valence-electron chi connectivity index (χ4n) is 2.55. The minimum atomic E-state index is -0.457. The van der Waals surface area contributed by atoms with Crippen molar-refractivity contribution in [2.75, 3.05) is 25.2 Å². The van der Waals surface area contributed by atoms with Crippen molar-refractivity contribution in [3.63, 3.8) is 0 Å². The number of nitrogens with one attached hydrogen (secondary N) is 1. The van der Waals surface area contributed by atoms with Gasteiger partial charge in [0, 0.05) is 24.8 Å². The standard InChI is InChI=1S/C18H31ClN2O2.C4H9F/c1-6-13(5)12-14(7-2)20-16-11-10-15(17(19)21-16)18(22-8-3)23-9-4;1-2-3-4-5/h10-11,13-14,18H,6-9,12H2,1-5H3,(H,20,21);2-4H2,1H3. The molecular weight excluding hydrogens is 379 g/mol. The molecule has 28 heavy (non-hydrogen) atoms. The molecule has 0 aliphatic carbocycles. The van der Waals surface area contributed by atoms with Crippen molar-refractivity contribution in [2.24, 2.45) is 5.92 Å². The van der Waals surface area contributed by atoms with E-state index >= 15 is 0 Å². The average Bonchev–Trinajstić information content (AvgIpc) is 2.68. The molecule has 0 saturated carbocycles. The minimum Gasteiger partial charge on any atom is -0.367 e. The number of halogens is 2. The lowest BCUT2D eigenvalue weighted by Gasteiger charge is -2.22. The van der Waals surface area contributed by atoms with Crippen LogP contribution in [0.5, 0.6) is 0 Å². The van der Waals surface area contributed by atoms with Gasteiger partial charge in [0.15, 0.2) is 6.29 Å². The maximum Gasteiger partial charge on any atom is 0.186 e. The summed E-state index contributed by atoms with van der Waals surface area (Å²) in [6.45, 7) is 13.5. The number of aromatic nitrogens is 1. The average molecular weight is 419 g/mol. The number of nitrogens with zero attached hydrogens (tertiary/aromatic N) is 1. The van der Waals surface area contributed by atoms with E-state index in [4.69, 9.17) is 21.1 Å². The zero-order valence-corrected chi connectivity index (χ0v) is 19.3. The molecule has 0 radical (unpaired) electrons. The van der Waals surface area contributed by atoms with Gasteiger partial charge in [-0.2, -0.15) is 0 Å². The van der Waals surface area contributed by atoms with E-state index in [2.05, 4.69) is 31.1 Å². The Kier molecular flexibility index (Phi) is 16.4. The van der Waals surface area contributed by atoms with Crippen LogP contribution in [0.25, 0.3) is 0 Å². The SMILES string of the molecule is CCCCF.CCOC(OCC)c1ccc(NC(CC)CC(C)CC)nc1Cl. The zero-order chi connectivity index (χ0) is 21.4. The molecule has 0 aliphatic heterocycles. The summed E-state index contributed by atoms with van der Waals surface area (Å²) in [5, 5.41) is 3.92. The highest BCUT2D eigenvalue weighted by atomic mass is 35.5. The van der Waals surface area contributed by atoms with Crippen LogP contribution in [-0.4, -0.2) is 30.9 Å². The van der Waals surface area contributed by atoms with Gasteiger partial charge in [-0.1, -0.05) is 52.1 Å². The second-order valence-electron chi connectivity index (χ2n) is 6.86. The van der Waals surface area contributed by atoms with Crippen LogP contribution >= 0.6 is 11.6 Å². The van der Waals surface area contributed by atoms with Crippen molar-refractivity contribution < 1.29 is 13.9 Å². The summed E-state index contributed by atoms with van der Waals surface area (Å²) in [7, 11) is 0. The molecule has 0 spiro atoms. The number of hydrogen-bond acceptors (Lipinski definition) is 4. The summed E-state index contributed by atoms with van der Waals surface area (Å²) in [4.78, 5) is 4.47. The molecule has 1 rings (SSSR count). The number of ether oxygens (including phenoxy) is 2. The molecule has 1 N–H and O–H groups in total. The third-order valence-electron chi connectivity index (χ3n) is 4.48. The first-order valence-electron chi connectivity index (χ1n) is 10.7. The van der Waals surface area contributed by atoms with Gasteiger partial charge in [0.05, 0.1) is 6.67 Å². The minimum absolute atomic E-state index is 0.156. The van der Waals surface area contributed by atoms with Crippen molar-refractivity contribution >= 4 is 17.4 Å². The number of pyridine rings is 1. The molecule has 164 valence electrons. The van der Waals surface area contributed by atoms with E-state index in [9.17, 15) is 4.39 Å². The molecule has 0 saturated heterocycles. The van der Waals surface area contributed by atoms with Crippen LogP contribution in [0.1, 0.15) is 85.5 Å². The molecule has 1 heterocycles. The fraction of sp³-hybridized carbons (Fsp3) is 0.773. The summed E-state index contributed by atoms with van der Waals surface area (Å²) in [5.74, 6) is 1.50. The number of anilines is 1.